The van der Waals surface area contributed by atoms with Gasteiger partial charge in [-0.2, -0.15) is 15.2 Å². The van der Waals surface area contributed by atoms with E-state index in [4.69, 9.17) is 21.1 Å². The van der Waals surface area contributed by atoms with Crippen LogP contribution in [0.3, 0.4) is 0 Å². The first-order chi connectivity index (χ1) is 16.4. The molecular weight excluding hydrogens is 484 g/mol. The lowest BCUT2D eigenvalue weighted by atomic mass is 9.96. The van der Waals surface area contributed by atoms with Crippen molar-refractivity contribution in [1.82, 2.24) is 9.97 Å². The van der Waals surface area contributed by atoms with E-state index in [-0.39, 0.29) is 55.7 Å². The third-order valence-electron chi connectivity index (χ3n) is 5.81. The largest absolute Gasteiger partial charge is 0.489 e. The number of anilines is 2. The topological polar surface area (TPSA) is 83.3 Å². The number of hydrogen-bond acceptors (Lipinski definition) is 8. The Morgan fingerprint density at radius 2 is 2.12 bits per heavy atom. The third kappa shape index (κ3) is 3.11. The van der Waals surface area contributed by atoms with Crippen LogP contribution in [0.1, 0.15) is 12.5 Å². The Balaban J connectivity index is 1.95. The molecule has 0 amide bonds. The summed E-state index contributed by atoms with van der Waals surface area (Å²) in [4.78, 5) is 10.6. The monoisotopic (exact) mass is 501 g/mol. The van der Waals surface area contributed by atoms with Crippen LogP contribution in [0.5, 0.6) is 11.8 Å². The molecule has 1 aliphatic heterocycles. The Morgan fingerprint density at radius 3 is 2.79 bits per heavy atom. The van der Waals surface area contributed by atoms with Gasteiger partial charge in [0.2, 0.25) is 0 Å². The van der Waals surface area contributed by atoms with Crippen molar-refractivity contribution >= 4 is 54.7 Å². The van der Waals surface area contributed by atoms with Crippen LogP contribution in [-0.2, 0) is 0 Å². The number of nitriles is 1. The van der Waals surface area contributed by atoms with Gasteiger partial charge in [0.1, 0.15) is 34.8 Å². The number of hydrogen-bond donors (Lipinski definition) is 1. The van der Waals surface area contributed by atoms with Crippen LogP contribution >= 0.6 is 22.9 Å². The van der Waals surface area contributed by atoms with Gasteiger partial charge in [0.05, 0.1) is 34.3 Å². The van der Waals surface area contributed by atoms with E-state index in [1.807, 2.05) is 11.8 Å². The molecule has 1 aliphatic rings. The van der Waals surface area contributed by atoms with Crippen LogP contribution in [0, 0.1) is 23.0 Å². The summed E-state index contributed by atoms with van der Waals surface area (Å²) < 4.78 is 42.4. The third-order valence-corrected chi connectivity index (χ3v) is 7.39. The number of rotatable bonds is 4. The van der Waals surface area contributed by atoms with Crippen molar-refractivity contribution in [3.63, 3.8) is 0 Å². The molecular formula is C23H18ClF2N5O2S. The van der Waals surface area contributed by atoms with Crippen molar-refractivity contribution in [3.8, 4) is 29.0 Å². The Morgan fingerprint density at radius 1 is 1.32 bits per heavy atom. The van der Waals surface area contributed by atoms with Crippen LogP contribution in [0.4, 0.5) is 19.6 Å². The highest BCUT2D eigenvalue weighted by atomic mass is 35.5. The number of fused-ring (bicyclic) bond motifs is 1. The summed E-state index contributed by atoms with van der Waals surface area (Å²) in [5.74, 6) is -0.555. The lowest BCUT2D eigenvalue weighted by molar-refractivity contribution is 0.332. The number of likely N-dealkylation sites (N-methyl/N-ethyl adjacent to an activating group) is 1. The average Bonchev–Trinajstić information content (AvgIpc) is 3.13. The first kappa shape index (κ1) is 22.4. The van der Waals surface area contributed by atoms with Gasteiger partial charge in [0, 0.05) is 24.5 Å². The predicted octanol–water partition coefficient (Wildman–Crippen LogP) is 5.58. The van der Waals surface area contributed by atoms with Crippen LogP contribution in [0.25, 0.3) is 32.1 Å². The van der Waals surface area contributed by atoms with E-state index in [1.165, 1.54) is 19.2 Å². The molecule has 4 aromatic rings. The number of ether oxygens (including phenoxy) is 2. The number of benzene rings is 2. The van der Waals surface area contributed by atoms with Gasteiger partial charge in [-0.15, -0.1) is 11.3 Å². The fourth-order valence-corrected chi connectivity index (χ4v) is 5.63. The lowest BCUT2D eigenvalue weighted by Gasteiger charge is -2.21. The molecule has 3 heterocycles. The SMILES string of the molecule is CCN1CCOc2c(Cl)c(-c3ccc(F)c4sc(NC)c(C#N)c34)c(F)c3nc(OC)nc1c23. The van der Waals surface area contributed by atoms with Crippen LogP contribution < -0.4 is 19.7 Å². The van der Waals surface area contributed by atoms with Gasteiger partial charge in [0.25, 0.3) is 0 Å². The molecule has 0 fully saturated rings. The molecule has 0 radical (unpaired) electrons. The highest BCUT2D eigenvalue weighted by Crippen LogP contribution is 2.50. The van der Waals surface area contributed by atoms with E-state index in [1.54, 1.807) is 7.05 Å². The average molecular weight is 502 g/mol. The standard InChI is InChI=1S/C23H18ClF2N5O2S/c1-4-31-7-8-33-19-15-18(29-23(32-3)30-21(15)31)17(26)14(16(19)24)10-5-6-12(25)20-13(10)11(9-27)22(28-2)34-20/h5-6,28H,4,7-8H2,1-3H3. The predicted molar refractivity (Wildman–Crippen MR) is 129 cm³/mol. The molecule has 0 aliphatic carbocycles. The van der Waals surface area contributed by atoms with Crippen molar-refractivity contribution in [2.45, 2.75) is 6.92 Å². The highest BCUT2D eigenvalue weighted by Gasteiger charge is 2.31. The molecule has 0 saturated carbocycles. The van der Waals surface area contributed by atoms with Gasteiger partial charge < -0.3 is 19.7 Å². The van der Waals surface area contributed by atoms with E-state index in [9.17, 15) is 9.65 Å². The molecule has 0 saturated heterocycles. The first-order valence-electron chi connectivity index (χ1n) is 10.4. The number of methoxy groups -OCH3 is 1. The van der Waals surface area contributed by atoms with E-state index in [0.29, 0.717) is 29.3 Å². The second kappa shape index (κ2) is 8.42. The normalized spacial score (nSPS) is 13.0. The molecule has 0 bridgehead atoms. The molecule has 0 spiro atoms. The minimum atomic E-state index is -0.735. The summed E-state index contributed by atoms with van der Waals surface area (Å²) in [7, 11) is 3.04. The summed E-state index contributed by atoms with van der Waals surface area (Å²) in [5.41, 5.74) is 0.419. The fourth-order valence-electron chi connectivity index (χ4n) is 4.26. The Bertz CT molecular complexity index is 1520. The molecule has 0 atom stereocenters. The summed E-state index contributed by atoms with van der Waals surface area (Å²) in [6.45, 7) is 3.34. The van der Waals surface area contributed by atoms with Crippen molar-refractivity contribution in [2.24, 2.45) is 0 Å². The molecule has 2 aromatic carbocycles. The van der Waals surface area contributed by atoms with E-state index in [0.717, 1.165) is 11.3 Å². The van der Waals surface area contributed by atoms with E-state index in [2.05, 4.69) is 21.4 Å². The smallest absolute Gasteiger partial charge is 0.318 e. The molecule has 2 aromatic heterocycles. The van der Waals surface area contributed by atoms with E-state index >= 15 is 4.39 Å². The zero-order valence-corrected chi connectivity index (χ0v) is 20.0. The number of halogens is 3. The molecule has 1 N–H and O–H groups in total. The van der Waals surface area contributed by atoms with Crippen molar-refractivity contribution < 1.29 is 18.3 Å². The second-order valence-electron chi connectivity index (χ2n) is 7.48. The molecule has 11 heteroatoms. The Kier molecular flexibility index (Phi) is 5.54. The van der Waals surface area contributed by atoms with Crippen LogP contribution in [0.2, 0.25) is 5.02 Å². The fraction of sp³-hybridized carbons (Fsp3) is 0.261. The quantitative estimate of drug-likeness (QED) is 0.390. The van der Waals surface area contributed by atoms with Crippen molar-refractivity contribution in [3.05, 3.63) is 34.4 Å². The number of aromatic nitrogens is 2. The van der Waals surface area contributed by atoms with Gasteiger partial charge in [-0.3, -0.25) is 0 Å². The van der Waals surface area contributed by atoms with Crippen LogP contribution in [0.15, 0.2) is 12.1 Å². The summed E-state index contributed by atoms with van der Waals surface area (Å²) in [6.07, 6.45) is 0. The first-order valence-corrected chi connectivity index (χ1v) is 11.6. The van der Waals surface area contributed by atoms with Gasteiger partial charge in [-0.1, -0.05) is 17.7 Å². The van der Waals surface area contributed by atoms with Crippen molar-refractivity contribution in [2.75, 3.05) is 44.1 Å². The number of nitrogens with one attached hydrogen (secondary N) is 1. The van der Waals surface area contributed by atoms with Gasteiger partial charge in [-0.25, -0.2) is 8.78 Å². The maximum atomic E-state index is 16.3. The second-order valence-corrected chi connectivity index (χ2v) is 8.88. The highest BCUT2D eigenvalue weighted by molar-refractivity contribution is 7.23. The lowest BCUT2D eigenvalue weighted by Crippen LogP contribution is -2.27. The molecule has 7 nitrogen and oxygen atoms in total. The minimum absolute atomic E-state index is 0.00376. The maximum absolute atomic E-state index is 16.3. The summed E-state index contributed by atoms with van der Waals surface area (Å²) in [6, 6.07) is 4.75. The van der Waals surface area contributed by atoms with Gasteiger partial charge in [0.15, 0.2) is 11.6 Å². The summed E-state index contributed by atoms with van der Waals surface area (Å²) >= 11 is 7.87. The zero-order valence-electron chi connectivity index (χ0n) is 18.4. The van der Waals surface area contributed by atoms with Gasteiger partial charge in [-0.05, 0) is 18.6 Å². The summed E-state index contributed by atoms with van der Waals surface area (Å²) in [5, 5.41) is 13.8. The van der Waals surface area contributed by atoms with Crippen LogP contribution in [-0.4, -0.2) is 43.8 Å². The Labute approximate surface area is 202 Å². The Hall–Kier alpha value is -3.42. The molecule has 5 rings (SSSR count). The number of thiophene rings is 1. The maximum Gasteiger partial charge on any atom is 0.318 e. The van der Waals surface area contributed by atoms with E-state index < -0.39 is 11.6 Å². The molecule has 174 valence electrons. The zero-order chi connectivity index (χ0) is 24.1. The molecule has 0 unspecified atom stereocenters. The molecule has 34 heavy (non-hydrogen) atoms. The minimum Gasteiger partial charge on any atom is -0.489 e. The number of nitrogens with zero attached hydrogens (tertiary/aromatic N) is 4. The van der Waals surface area contributed by atoms with Gasteiger partial charge >= 0.3 is 6.01 Å². The van der Waals surface area contributed by atoms with Crippen molar-refractivity contribution in [1.29, 1.82) is 5.26 Å².